The van der Waals surface area contributed by atoms with Gasteiger partial charge in [-0.1, -0.05) is 42.0 Å². The second-order valence-corrected chi connectivity index (χ2v) is 4.98. The van der Waals surface area contributed by atoms with E-state index in [1.807, 2.05) is 0 Å². The molecule has 6 heteroatoms. The molecule has 104 valence electrons. The number of aromatic amines is 1. The Hall–Kier alpha value is -1.69. The summed E-state index contributed by atoms with van der Waals surface area (Å²) in [5.41, 5.74) is 0.946. The molecule has 20 heavy (non-hydrogen) atoms. The lowest BCUT2D eigenvalue weighted by Gasteiger charge is -2.13. The van der Waals surface area contributed by atoms with Crippen LogP contribution in [0.3, 0.4) is 0 Å². The van der Waals surface area contributed by atoms with Crippen molar-refractivity contribution in [3.8, 4) is 0 Å². The number of aromatic nitrogens is 1. The minimum Gasteiger partial charge on any atom is -0.387 e. The highest BCUT2D eigenvalue weighted by Gasteiger charge is 2.13. The monoisotopic (exact) mass is 308 g/mol. The van der Waals surface area contributed by atoms with Gasteiger partial charge in [0, 0.05) is 23.3 Å². The SMILES string of the molecule is O=C(NCC(O)c1ccccc1Cl)c1ccc[nH]c1=S. The van der Waals surface area contributed by atoms with Gasteiger partial charge in [0.15, 0.2) is 0 Å². The van der Waals surface area contributed by atoms with Crippen molar-refractivity contribution >= 4 is 29.7 Å². The van der Waals surface area contributed by atoms with Crippen LogP contribution in [-0.4, -0.2) is 22.5 Å². The summed E-state index contributed by atoms with van der Waals surface area (Å²) < 4.78 is 0.359. The topological polar surface area (TPSA) is 65.1 Å². The van der Waals surface area contributed by atoms with E-state index in [2.05, 4.69) is 10.3 Å². The number of benzene rings is 1. The van der Waals surface area contributed by atoms with Gasteiger partial charge in [0.25, 0.3) is 5.91 Å². The Morgan fingerprint density at radius 3 is 2.80 bits per heavy atom. The molecule has 1 aromatic carbocycles. The number of rotatable bonds is 4. The minimum atomic E-state index is -0.867. The fourth-order valence-electron chi connectivity index (χ4n) is 1.74. The van der Waals surface area contributed by atoms with Gasteiger partial charge in [-0.2, -0.15) is 0 Å². The lowest BCUT2D eigenvalue weighted by atomic mass is 10.1. The number of pyridine rings is 1. The van der Waals surface area contributed by atoms with E-state index in [4.69, 9.17) is 23.8 Å². The third-order valence-electron chi connectivity index (χ3n) is 2.78. The Kier molecular flexibility index (Phi) is 4.89. The average molecular weight is 309 g/mol. The molecular formula is C14H13ClN2O2S. The predicted octanol–water partition coefficient (Wildman–Crippen LogP) is 2.86. The normalized spacial score (nSPS) is 11.9. The number of aliphatic hydroxyl groups is 1. The van der Waals surface area contributed by atoms with E-state index in [0.717, 1.165) is 0 Å². The Bertz CT molecular complexity index is 672. The van der Waals surface area contributed by atoms with Gasteiger partial charge < -0.3 is 15.4 Å². The van der Waals surface area contributed by atoms with E-state index in [9.17, 15) is 9.90 Å². The van der Waals surface area contributed by atoms with Crippen LogP contribution in [0.4, 0.5) is 0 Å². The number of nitrogens with one attached hydrogen (secondary N) is 2. The van der Waals surface area contributed by atoms with Crippen LogP contribution in [0.15, 0.2) is 42.6 Å². The number of hydrogen-bond acceptors (Lipinski definition) is 3. The van der Waals surface area contributed by atoms with Gasteiger partial charge in [-0.05, 0) is 18.2 Å². The summed E-state index contributed by atoms with van der Waals surface area (Å²) in [4.78, 5) is 14.7. The quantitative estimate of drug-likeness (QED) is 0.761. The van der Waals surface area contributed by atoms with Gasteiger partial charge in [0.1, 0.15) is 4.64 Å². The third kappa shape index (κ3) is 3.45. The van der Waals surface area contributed by atoms with Crippen molar-refractivity contribution in [3.63, 3.8) is 0 Å². The predicted molar refractivity (Wildman–Crippen MR) is 80.4 cm³/mol. The Labute approximate surface area is 126 Å². The third-order valence-corrected chi connectivity index (χ3v) is 3.46. The van der Waals surface area contributed by atoms with Gasteiger partial charge in [-0.3, -0.25) is 4.79 Å². The van der Waals surface area contributed by atoms with Crippen molar-refractivity contribution in [1.82, 2.24) is 10.3 Å². The first kappa shape index (κ1) is 14.7. The summed E-state index contributed by atoms with van der Waals surface area (Å²) in [6, 6.07) is 10.3. The molecule has 2 rings (SSSR count). The second-order valence-electron chi connectivity index (χ2n) is 4.16. The Balaban J connectivity index is 2.03. The summed E-state index contributed by atoms with van der Waals surface area (Å²) >= 11 is 11.0. The summed E-state index contributed by atoms with van der Waals surface area (Å²) in [6.45, 7) is 0.0617. The molecule has 4 nitrogen and oxygen atoms in total. The van der Waals surface area contributed by atoms with E-state index in [-0.39, 0.29) is 12.5 Å². The first-order valence-corrected chi connectivity index (χ1v) is 6.76. The number of carbonyl (C=O) groups excluding carboxylic acids is 1. The molecule has 1 atom stereocenters. The number of aliphatic hydroxyl groups excluding tert-OH is 1. The van der Waals surface area contributed by atoms with Crippen LogP contribution in [0.2, 0.25) is 5.02 Å². The molecule has 0 aliphatic heterocycles. The molecule has 0 radical (unpaired) electrons. The molecular weight excluding hydrogens is 296 g/mol. The van der Waals surface area contributed by atoms with Gasteiger partial charge in [0.05, 0.1) is 11.7 Å². The molecule has 0 fully saturated rings. The van der Waals surface area contributed by atoms with Crippen molar-refractivity contribution in [2.24, 2.45) is 0 Å². The molecule has 0 saturated heterocycles. The second kappa shape index (κ2) is 6.65. The molecule has 2 aromatic rings. The smallest absolute Gasteiger partial charge is 0.254 e. The maximum absolute atomic E-state index is 11.9. The van der Waals surface area contributed by atoms with E-state index in [0.29, 0.717) is 20.8 Å². The lowest BCUT2D eigenvalue weighted by molar-refractivity contribution is 0.0915. The molecule has 1 heterocycles. The highest BCUT2D eigenvalue weighted by molar-refractivity contribution is 7.71. The average Bonchev–Trinajstić information content (AvgIpc) is 2.45. The highest BCUT2D eigenvalue weighted by Crippen LogP contribution is 2.21. The van der Waals surface area contributed by atoms with Crippen molar-refractivity contribution in [2.45, 2.75) is 6.10 Å². The molecule has 1 aromatic heterocycles. The largest absolute Gasteiger partial charge is 0.387 e. The van der Waals surface area contributed by atoms with Crippen LogP contribution in [0.5, 0.6) is 0 Å². The summed E-state index contributed by atoms with van der Waals surface area (Å²) in [5, 5.41) is 13.1. The van der Waals surface area contributed by atoms with Crippen molar-refractivity contribution in [2.75, 3.05) is 6.54 Å². The molecule has 1 unspecified atom stereocenters. The zero-order valence-electron chi connectivity index (χ0n) is 10.5. The van der Waals surface area contributed by atoms with Crippen LogP contribution < -0.4 is 5.32 Å². The number of carbonyl (C=O) groups is 1. The molecule has 0 spiro atoms. The summed E-state index contributed by atoms with van der Waals surface area (Å²) in [7, 11) is 0. The van der Waals surface area contributed by atoms with Gasteiger partial charge >= 0.3 is 0 Å². The standard InChI is InChI=1S/C14H13ClN2O2S/c15-11-6-2-1-4-9(11)12(18)8-17-13(19)10-5-3-7-16-14(10)20/h1-7,12,18H,8H2,(H,16,20)(H,17,19). The van der Waals surface area contributed by atoms with Crippen LogP contribution >= 0.6 is 23.8 Å². The highest BCUT2D eigenvalue weighted by atomic mass is 35.5. The zero-order chi connectivity index (χ0) is 14.5. The Morgan fingerprint density at radius 1 is 1.35 bits per heavy atom. The molecule has 1 amide bonds. The van der Waals surface area contributed by atoms with Crippen LogP contribution in [0, 0.1) is 4.64 Å². The van der Waals surface area contributed by atoms with E-state index in [1.54, 1.807) is 42.6 Å². The molecule has 0 saturated carbocycles. The number of H-pyrrole nitrogens is 1. The van der Waals surface area contributed by atoms with Crippen LogP contribution in [-0.2, 0) is 0 Å². The molecule has 3 N–H and O–H groups in total. The number of halogens is 1. The van der Waals surface area contributed by atoms with E-state index in [1.165, 1.54) is 0 Å². The Morgan fingerprint density at radius 2 is 2.10 bits per heavy atom. The van der Waals surface area contributed by atoms with Crippen molar-refractivity contribution < 1.29 is 9.90 Å². The van der Waals surface area contributed by atoms with E-state index >= 15 is 0 Å². The first-order valence-electron chi connectivity index (χ1n) is 5.98. The summed E-state index contributed by atoms with van der Waals surface area (Å²) in [5.74, 6) is -0.335. The number of amides is 1. The van der Waals surface area contributed by atoms with Crippen LogP contribution in [0.1, 0.15) is 22.0 Å². The molecule has 0 aliphatic carbocycles. The van der Waals surface area contributed by atoms with Gasteiger partial charge in [-0.25, -0.2) is 0 Å². The zero-order valence-corrected chi connectivity index (χ0v) is 12.0. The lowest BCUT2D eigenvalue weighted by Crippen LogP contribution is -2.28. The minimum absolute atomic E-state index is 0.0617. The van der Waals surface area contributed by atoms with E-state index < -0.39 is 6.10 Å². The molecule has 0 aliphatic rings. The summed E-state index contributed by atoms with van der Waals surface area (Å²) in [6.07, 6.45) is 0.784. The fourth-order valence-corrected chi connectivity index (χ4v) is 2.23. The van der Waals surface area contributed by atoms with Gasteiger partial charge in [0.2, 0.25) is 0 Å². The molecule has 0 bridgehead atoms. The van der Waals surface area contributed by atoms with Gasteiger partial charge in [-0.15, -0.1) is 0 Å². The van der Waals surface area contributed by atoms with Crippen molar-refractivity contribution in [3.05, 3.63) is 63.4 Å². The van der Waals surface area contributed by atoms with Crippen LogP contribution in [0.25, 0.3) is 0 Å². The fraction of sp³-hybridized carbons (Fsp3) is 0.143. The number of hydrogen-bond donors (Lipinski definition) is 3. The first-order chi connectivity index (χ1) is 9.59. The maximum Gasteiger partial charge on any atom is 0.254 e. The van der Waals surface area contributed by atoms with Crippen molar-refractivity contribution in [1.29, 1.82) is 0 Å². The maximum atomic E-state index is 11.9.